The van der Waals surface area contributed by atoms with Crippen molar-refractivity contribution in [2.45, 2.75) is 39.0 Å². The van der Waals surface area contributed by atoms with Gasteiger partial charge in [-0.3, -0.25) is 4.79 Å². The van der Waals surface area contributed by atoms with Crippen molar-refractivity contribution in [3.05, 3.63) is 69.7 Å². The third-order valence-electron chi connectivity index (χ3n) is 5.79. The normalized spacial score (nSPS) is 16.8. The molecule has 1 unspecified atom stereocenters. The number of benzene rings is 2. The van der Waals surface area contributed by atoms with Gasteiger partial charge in [0.1, 0.15) is 0 Å². The molecule has 0 radical (unpaired) electrons. The molecule has 4 nitrogen and oxygen atoms in total. The molecule has 1 aliphatic rings. The minimum absolute atomic E-state index is 0.119. The molecule has 1 fully saturated rings. The Morgan fingerprint density at radius 1 is 1.18 bits per heavy atom. The second-order valence-electron chi connectivity index (χ2n) is 7.54. The van der Waals surface area contributed by atoms with Crippen molar-refractivity contribution < 1.29 is 10.0 Å². The first-order valence-corrected chi connectivity index (χ1v) is 10.6. The molecule has 1 amide bonds. The number of rotatable bonds is 5. The number of halogens is 1. The van der Waals surface area contributed by atoms with Gasteiger partial charge in [-0.1, -0.05) is 57.5 Å². The fourth-order valence-corrected chi connectivity index (χ4v) is 4.37. The van der Waals surface area contributed by atoms with Crippen molar-refractivity contribution in [3.8, 4) is 0 Å². The van der Waals surface area contributed by atoms with Gasteiger partial charge in [0.25, 0.3) is 0 Å². The Kier molecular flexibility index (Phi) is 6.89. The maximum atomic E-state index is 11.6. The van der Waals surface area contributed by atoms with E-state index in [1.807, 2.05) is 4.90 Å². The molecule has 0 aliphatic carbocycles. The van der Waals surface area contributed by atoms with E-state index in [-0.39, 0.29) is 17.7 Å². The Balaban J connectivity index is 1.85. The molecular formula is C23H27BrN2O2. The van der Waals surface area contributed by atoms with E-state index in [1.54, 1.807) is 6.92 Å². The van der Waals surface area contributed by atoms with Crippen LogP contribution in [0.5, 0.6) is 0 Å². The van der Waals surface area contributed by atoms with E-state index in [0.717, 1.165) is 36.1 Å². The number of carbonyl (C=O) groups excluding carboxylic acids is 1. The summed E-state index contributed by atoms with van der Waals surface area (Å²) in [6.45, 7) is 5.20. The Labute approximate surface area is 175 Å². The zero-order valence-electron chi connectivity index (χ0n) is 16.4. The van der Waals surface area contributed by atoms with Crippen molar-refractivity contribution in [1.82, 2.24) is 4.90 Å². The molecular weight excluding hydrogens is 416 g/mol. The minimum atomic E-state index is 0.119. The highest BCUT2D eigenvalue weighted by molar-refractivity contribution is 9.10. The van der Waals surface area contributed by atoms with Crippen LogP contribution in [0.2, 0.25) is 0 Å². The van der Waals surface area contributed by atoms with Crippen molar-refractivity contribution in [2.24, 2.45) is 11.1 Å². The van der Waals surface area contributed by atoms with E-state index in [2.05, 4.69) is 76.5 Å². The van der Waals surface area contributed by atoms with Crippen LogP contribution >= 0.6 is 15.9 Å². The Hall–Kier alpha value is -2.14. The lowest BCUT2D eigenvalue weighted by Crippen LogP contribution is -2.39. The molecule has 3 rings (SSSR count). The largest absolute Gasteiger partial charge is 0.411 e. The van der Waals surface area contributed by atoms with E-state index in [0.29, 0.717) is 6.42 Å². The molecule has 0 spiro atoms. The Morgan fingerprint density at radius 3 is 2.39 bits per heavy atom. The van der Waals surface area contributed by atoms with Crippen molar-refractivity contribution in [3.63, 3.8) is 0 Å². The van der Waals surface area contributed by atoms with Crippen LogP contribution < -0.4 is 0 Å². The molecule has 2 aromatic carbocycles. The zero-order chi connectivity index (χ0) is 20.1. The van der Waals surface area contributed by atoms with Gasteiger partial charge in [-0.25, -0.2) is 0 Å². The monoisotopic (exact) mass is 442 g/mol. The molecule has 1 aliphatic heterocycles. The molecule has 2 aromatic rings. The number of amides is 1. The lowest BCUT2D eigenvalue weighted by atomic mass is 9.80. The van der Waals surface area contributed by atoms with Crippen LogP contribution in [0.15, 0.2) is 58.2 Å². The standard InChI is InChI=1S/C23H27BrN2O2/c1-16-5-3-4-6-21(16)22(18-7-9-20(24)10-8-18)15-23(25-28)19-11-13-26(14-12-19)17(2)27/h3-10,19,22,28H,11-15H2,1-2H3. The second-order valence-corrected chi connectivity index (χ2v) is 8.45. The van der Waals surface area contributed by atoms with Crippen LogP contribution in [0.3, 0.4) is 0 Å². The molecule has 1 heterocycles. The molecule has 148 valence electrons. The van der Waals surface area contributed by atoms with E-state index in [9.17, 15) is 10.0 Å². The fraction of sp³-hybridized carbons (Fsp3) is 0.391. The second kappa shape index (κ2) is 9.37. The number of nitrogens with zero attached hydrogens (tertiary/aromatic N) is 2. The summed E-state index contributed by atoms with van der Waals surface area (Å²) < 4.78 is 1.05. The van der Waals surface area contributed by atoms with Gasteiger partial charge in [0.15, 0.2) is 0 Å². The third-order valence-corrected chi connectivity index (χ3v) is 6.32. The van der Waals surface area contributed by atoms with E-state index in [4.69, 9.17) is 0 Å². The average Bonchev–Trinajstić information content (AvgIpc) is 2.71. The van der Waals surface area contributed by atoms with Gasteiger partial charge in [-0.05, 0) is 48.6 Å². The summed E-state index contributed by atoms with van der Waals surface area (Å²) in [4.78, 5) is 13.5. The van der Waals surface area contributed by atoms with Gasteiger partial charge in [-0.2, -0.15) is 0 Å². The number of hydrogen-bond acceptors (Lipinski definition) is 3. The quantitative estimate of drug-likeness (QED) is 0.384. The summed E-state index contributed by atoms with van der Waals surface area (Å²) in [6.07, 6.45) is 2.37. The van der Waals surface area contributed by atoms with E-state index >= 15 is 0 Å². The smallest absolute Gasteiger partial charge is 0.219 e. The van der Waals surface area contributed by atoms with Crippen molar-refractivity contribution >= 4 is 27.5 Å². The predicted octanol–water partition coefficient (Wildman–Crippen LogP) is 5.37. The Morgan fingerprint density at radius 2 is 1.82 bits per heavy atom. The summed E-state index contributed by atoms with van der Waals surface area (Å²) >= 11 is 3.51. The van der Waals surface area contributed by atoms with Gasteiger partial charge >= 0.3 is 0 Å². The maximum Gasteiger partial charge on any atom is 0.219 e. The fourth-order valence-electron chi connectivity index (χ4n) is 4.11. The van der Waals surface area contributed by atoms with E-state index < -0.39 is 0 Å². The third kappa shape index (κ3) is 4.82. The summed E-state index contributed by atoms with van der Waals surface area (Å²) in [5, 5.41) is 13.5. The number of carbonyl (C=O) groups is 1. The van der Waals surface area contributed by atoms with Crippen molar-refractivity contribution in [1.29, 1.82) is 0 Å². The van der Waals surface area contributed by atoms with Gasteiger partial charge in [-0.15, -0.1) is 0 Å². The van der Waals surface area contributed by atoms with Gasteiger partial charge in [0.2, 0.25) is 5.91 Å². The highest BCUT2D eigenvalue weighted by Gasteiger charge is 2.28. The lowest BCUT2D eigenvalue weighted by molar-refractivity contribution is -0.129. The topological polar surface area (TPSA) is 52.9 Å². The highest BCUT2D eigenvalue weighted by atomic mass is 79.9. The molecule has 0 bridgehead atoms. The molecule has 1 N–H and O–H groups in total. The van der Waals surface area contributed by atoms with E-state index in [1.165, 1.54) is 16.7 Å². The first-order valence-electron chi connectivity index (χ1n) is 9.77. The summed E-state index contributed by atoms with van der Waals surface area (Å²) in [5.41, 5.74) is 4.53. The van der Waals surface area contributed by atoms with Crippen LogP contribution in [0.25, 0.3) is 0 Å². The number of oxime groups is 1. The van der Waals surface area contributed by atoms with Gasteiger partial charge < -0.3 is 10.1 Å². The summed E-state index contributed by atoms with van der Waals surface area (Å²) in [6, 6.07) is 16.8. The van der Waals surface area contributed by atoms with Gasteiger partial charge in [0.05, 0.1) is 5.71 Å². The van der Waals surface area contributed by atoms with Crippen LogP contribution in [0.1, 0.15) is 48.8 Å². The van der Waals surface area contributed by atoms with Crippen LogP contribution in [0.4, 0.5) is 0 Å². The van der Waals surface area contributed by atoms with Crippen LogP contribution in [0, 0.1) is 12.8 Å². The Bertz CT molecular complexity index is 840. The summed E-state index contributed by atoms with van der Waals surface area (Å²) in [5.74, 6) is 0.460. The van der Waals surface area contributed by atoms with Crippen molar-refractivity contribution in [2.75, 3.05) is 13.1 Å². The molecule has 1 saturated heterocycles. The summed E-state index contributed by atoms with van der Waals surface area (Å²) in [7, 11) is 0. The highest BCUT2D eigenvalue weighted by Crippen LogP contribution is 2.34. The average molecular weight is 443 g/mol. The number of hydrogen-bond donors (Lipinski definition) is 1. The number of aryl methyl sites for hydroxylation is 1. The molecule has 1 atom stereocenters. The number of likely N-dealkylation sites (tertiary alicyclic amines) is 1. The SMILES string of the molecule is CC(=O)N1CCC(C(CC(c2ccc(Br)cc2)c2ccccc2C)=NO)CC1. The zero-order valence-corrected chi connectivity index (χ0v) is 18.0. The maximum absolute atomic E-state index is 11.6. The molecule has 5 heteroatoms. The van der Waals surface area contributed by atoms with Crippen LogP contribution in [-0.4, -0.2) is 34.8 Å². The first-order chi connectivity index (χ1) is 13.5. The number of piperidine rings is 1. The van der Waals surface area contributed by atoms with Gasteiger partial charge in [0, 0.05) is 42.7 Å². The van der Waals surface area contributed by atoms with Crippen LogP contribution in [-0.2, 0) is 4.79 Å². The lowest BCUT2D eigenvalue weighted by Gasteiger charge is -2.32. The first kappa shape index (κ1) is 20.6. The molecule has 0 aromatic heterocycles. The molecule has 0 saturated carbocycles. The minimum Gasteiger partial charge on any atom is -0.411 e. The predicted molar refractivity (Wildman–Crippen MR) is 116 cm³/mol. The molecule has 28 heavy (non-hydrogen) atoms.